The van der Waals surface area contributed by atoms with Crippen LogP contribution < -0.4 is 9.25 Å². The molecule has 0 radical (unpaired) electrons. The highest BCUT2D eigenvalue weighted by Gasteiger charge is 2.32. The van der Waals surface area contributed by atoms with Gasteiger partial charge in [0.2, 0.25) is 11.7 Å². The number of nitrogens with zero attached hydrogens (tertiary/aromatic N) is 4. The Bertz CT molecular complexity index is 610. The summed E-state index contributed by atoms with van der Waals surface area (Å²) in [5.74, 6) is 0. The van der Waals surface area contributed by atoms with E-state index >= 15 is 0 Å². The van der Waals surface area contributed by atoms with E-state index in [9.17, 15) is 0 Å². The second-order valence-electron chi connectivity index (χ2n) is 4.99. The molecule has 0 unspecified atom stereocenters. The van der Waals surface area contributed by atoms with Gasteiger partial charge in [0.25, 0.3) is 0 Å². The van der Waals surface area contributed by atoms with E-state index in [-0.39, 0.29) is 0 Å². The Morgan fingerprint density at radius 3 is 2.78 bits per heavy atom. The summed E-state index contributed by atoms with van der Waals surface area (Å²) in [4.78, 5) is 0. The summed E-state index contributed by atoms with van der Waals surface area (Å²) in [7, 11) is 0. The molecule has 0 fully saturated rings. The van der Waals surface area contributed by atoms with Crippen LogP contribution in [0.3, 0.4) is 0 Å². The van der Waals surface area contributed by atoms with Crippen molar-refractivity contribution in [2.75, 3.05) is 6.54 Å². The Balaban J connectivity index is 2.01. The molecule has 3 heterocycles. The molecule has 1 aliphatic rings. The highest BCUT2D eigenvalue weighted by molar-refractivity contribution is 5.71. The second kappa shape index (κ2) is 4.52. The molecule has 2 aromatic rings. The summed E-state index contributed by atoms with van der Waals surface area (Å²) in [5.41, 5.74) is 2.55. The van der Waals surface area contributed by atoms with Crippen LogP contribution >= 0.6 is 0 Å². The van der Waals surface area contributed by atoms with E-state index in [0.29, 0.717) is 0 Å². The fraction of sp³-hybridized carbons (Fsp3) is 0.500. The van der Waals surface area contributed by atoms with Gasteiger partial charge in [-0.15, -0.1) is 0 Å². The molecule has 2 aromatic heterocycles. The van der Waals surface area contributed by atoms with Crippen molar-refractivity contribution < 1.29 is 13.8 Å². The predicted octanol–water partition coefficient (Wildman–Crippen LogP) is 0.737. The molecule has 0 N–H and O–H groups in total. The van der Waals surface area contributed by atoms with Crippen molar-refractivity contribution in [2.45, 2.75) is 39.9 Å². The number of rotatable bonds is 4. The van der Waals surface area contributed by atoms with Crippen LogP contribution in [0.15, 0.2) is 24.7 Å². The van der Waals surface area contributed by atoms with Gasteiger partial charge in [0, 0.05) is 27.8 Å². The van der Waals surface area contributed by atoms with E-state index in [2.05, 4.69) is 63.1 Å². The Labute approximate surface area is 107 Å². The van der Waals surface area contributed by atoms with Gasteiger partial charge in [0.05, 0.1) is 6.54 Å². The summed E-state index contributed by atoms with van der Waals surface area (Å²) in [6.07, 6.45) is 9.04. The van der Waals surface area contributed by atoms with Crippen molar-refractivity contribution in [1.82, 2.24) is 4.52 Å². The Hall–Kier alpha value is -1.71. The molecule has 0 saturated carbocycles. The van der Waals surface area contributed by atoms with Crippen LogP contribution in [0.2, 0.25) is 0 Å². The van der Waals surface area contributed by atoms with Crippen molar-refractivity contribution in [1.29, 1.82) is 0 Å². The van der Waals surface area contributed by atoms with Gasteiger partial charge in [-0.2, -0.15) is 4.58 Å². The summed E-state index contributed by atoms with van der Waals surface area (Å²) in [6.45, 7) is 7.60. The highest BCUT2D eigenvalue weighted by Crippen LogP contribution is 2.02. The van der Waals surface area contributed by atoms with Gasteiger partial charge in [0.15, 0.2) is 0 Å². The van der Waals surface area contributed by atoms with E-state index in [1.165, 1.54) is 24.1 Å². The van der Waals surface area contributed by atoms with E-state index in [1.54, 1.807) is 0 Å². The molecule has 4 nitrogen and oxygen atoms in total. The Kier molecular flexibility index (Phi) is 2.86. The third kappa shape index (κ3) is 1.82. The first-order valence-corrected chi connectivity index (χ1v) is 6.85. The quantitative estimate of drug-likeness (QED) is 0.706. The molecule has 0 atom stereocenters. The number of hydrogen-bond acceptors (Lipinski definition) is 0. The number of hydrogen-bond donors (Lipinski definition) is 0. The largest absolute Gasteiger partial charge is 0.379 e. The number of aryl methyl sites for hydroxylation is 1. The lowest BCUT2D eigenvalue weighted by Crippen LogP contribution is -2.45. The molecule has 0 bridgehead atoms. The van der Waals surface area contributed by atoms with Gasteiger partial charge in [0.1, 0.15) is 12.7 Å². The maximum Gasteiger partial charge on any atom is 0.379 e. The van der Waals surface area contributed by atoms with Crippen LogP contribution in [0.5, 0.6) is 0 Å². The average Bonchev–Trinajstić information content (AvgIpc) is 2.91. The van der Waals surface area contributed by atoms with Gasteiger partial charge in [-0.05, 0) is 6.42 Å². The summed E-state index contributed by atoms with van der Waals surface area (Å²) < 4.78 is 9.23. The minimum Gasteiger partial charge on any atom is -0.231 e. The van der Waals surface area contributed by atoms with Gasteiger partial charge in [-0.3, -0.25) is 0 Å². The smallest absolute Gasteiger partial charge is 0.231 e. The summed E-state index contributed by atoms with van der Waals surface area (Å²) in [6, 6.07) is 4.41. The average molecular weight is 245 g/mol. The fourth-order valence-electron chi connectivity index (χ4n) is 2.63. The van der Waals surface area contributed by atoms with Crippen LogP contribution in [0.25, 0.3) is 5.52 Å². The second-order valence-corrected chi connectivity index (χ2v) is 4.99. The molecule has 0 amide bonds. The first kappa shape index (κ1) is 11.4. The van der Waals surface area contributed by atoms with Crippen LogP contribution in [0.1, 0.15) is 32.4 Å². The van der Waals surface area contributed by atoms with Crippen molar-refractivity contribution in [3.8, 4) is 0 Å². The molecule has 0 spiro atoms. The van der Waals surface area contributed by atoms with Gasteiger partial charge >= 0.3 is 18.7 Å². The van der Waals surface area contributed by atoms with E-state index in [4.69, 9.17) is 0 Å². The topological polar surface area (TPSA) is 15.2 Å². The zero-order valence-electron chi connectivity index (χ0n) is 11.2. The molecule has 4 heteroatoms. The lowest BCUT2D eigenvalue weighted by molar-refractivity contribution is -0.875. The molecule has 0 saturated heterocycles. The molecule has 94 valence electrons. The number of imidazole rings is 1. The van der Waals surface area contributed by atoms with Crippen molar-refractivity contribution in [3.05, 3.63) is 30.4 Å². The maximum atomic E-state index is 2.37. The molecular weight excluding hydrogens is 224 g/mol. The van der Waals surface area contributed by atoms with E-state index < -0.39 is 0 Å². The van der Waals surface area contributed by atoms with E-state index in [0.717, 1.165) is 19.8 Å². The zero-order valence-corrected chi connectivity index (χ0v) is 11.2. The maximum absolute atomic E-state index is 2.37. The molecule has 1 aliphatic heterocycles. The SMILES string of the molecule is CCC[N+]1=Cc2ccc3c[n+](CCC)cn3[n+]2C1. The van der Waals surface area contributed by atoms with Crippen molar-refractivity contribution >= 4 is 11.7 Å². The molecule has 3 rings (SSSR count). The highest BCUT2D eigenvalue weighted by atomic mass is 15.4. The first-order chi connectivity index (χ1) is 8.81. The molecule has 0 aliphatic carbocycles. The Morgan fingerprint density at radius 2 is 2.00 bits per heavy atom. The van der Waals surface area contributed by atoms with E-state index in [1.807, 2.05) is 0 Å². The minimum atomic E-state index is 0.960. The lowest BCUT2D eigenvalue weighted by Gasteiger charge is -1.89. The van der Waals surface area contributed by atoms with Crippen LogP contribution in [0.4, 0.5) is 0 Å². The third-order valence-electron chi connectivity index (χ3n) is 3.43. The minimum absolute atomic E-state index is 0.960. The third-order valence-corrected chi connectivity index (χ3v) is 3.43. The van der Waals surface area contributed by atoms with Crippen LogP contribution in [0, 0.1) is 0 Å². The summed E-state index contributed by atoms with van der Waals surface area (Å²) >= 11 is 0. The first-order valence-electron chi connectivity index (χ1n) is 6.85. The molecule has 0 aromatic carbocycles. The van der Waals surface area contributed by atoms with Crippen molar-refractivity contribution in [3.63, 3.8) is 0 Å². The fourth-order valence-corrected chi connectivity index (χ4v) is 2.63. The van der Waals surface area contributed by atoms with Gasteiger partial charge in [-0.1, -0.05) is 13.8 Å². The standard InChI is InChI=1S/C14H21N4/c1-3-7-15-9-13-5-6-14-10-16(8-4-2)12-18(14)17(13)11-15/h5-6,9-11H,3-4,7-8,12H2,1-2H3/q+3. The molecule has 18 heavy (non-hydrogen) atoms. The van der Waals surface area contributed by atoms with Crippen molar-refractivity contribution in [2.24, 2.45) is 0 Å². The predicted molar refractivity (Wildman–Crippen MR) is 68.7 cm³/mol. The monoisotopic (exact) mass is 245 g/mol. The lowest BCUT2D eigenvalue weighted by atomic mass is 10.4. The van der Waals surface area contributed by atoms with Gasteiger partial charge < -0.3 is 0 Å². The Morgan fingerprint density at radius 1 is 1.17 bits per heavy atom. The van der Waals surface area contributed by atoms with Crippen LogP contribution in [-0.2, 0) is 13.2 Å². The zero-order chi connectivity index (χ0) is 12.5. The number of aromatic nitrogens is 3. The van der Waals surface area contributed by atoms with Crippen LogP contribution in [-0.4, -0.2) is 21.9 Å². The molecular formula is C14H21N4+3. The van der Waals surface area contributed by atoms with Gasteiger partial charge in [-0.25, -0.2) is 4.57 Å². The number of fused-ring (bicyclic) bond motifs is 3. The normalized spacial score (nSPS) is 14.0. The summed E-state index contributed by atoms with van der Waals surface area (Å²) in [5, 5.41) is 0.